The minimum absolute atomic E-state index is 0.337. The molecular weight excluding hydrogens is 373 g/mol. The van der Waals surface area contributed by atoms with Gasteiger partial charge in [0, 0.05) is 6.54 Å². The van der Waals surface area contributed by atoms with Crippen molar-refractivity contribution in [1.29, 1.82) is 0 Å². The number of methoxy groups -OCH3 is 1. The van der Waals surface area contributed by atoms with E-state index in [2.05, 4.69) is 25.8 Å². The summed E-state index contributed by atoms with van der Waals surface area (Å²) < 4.78 is 5.16. The molecule has 0 fully saturated rings. The highest BCUT2D eigenvalue weighted by Crippen LogP contribution is 2.30. The highest BCUT2D eigenvalue weighted by atomic mass is 35.5. The quantitative estimate of drug-likeness (QED) is 0.615. The van der Waals surface area contributed by atoms with Crippen LogP contribution in [0.2, 0.25) is 10.0 Å². The molecule has 134 valence electrons. The van der Waals surface area contributed by atoms with Crippen molar-refractivity contribution in [3.63, 3.8) is 0 Å². The molecule has 0 bridgehead atoms. The minimum atomic E-state index is 0.337. The Labute approximate surface area is 161 Å². The number of hydrogen-bond donors (Lipinski definition) is 2. The minimum Gasteiger partial charge on any atom is -0.497 e. The summed E-state index contributed by atoms with van der Waals surface area (Å²) in [5, 5.41) is 15.0. The lowest BCUT2D eigenvalue weighted by Crippen LogP contribution is -2.09. The van der Waals surface area contributed by atoms with Crippen LogP contribution in [0.4, 0.5) is 17.5 Å². The van der Waals surface area contributed by atoms with E-state index in [1.54, 1.807) is 31.5 Å². The zero-order chi connectivity index (χ0) is 18.4. The highest BCUT2D eigenvalue weighted by molar-refractivity contribution is 6.43. The zero-order valence-corrected chi connectivity index (χ0v) is 15.6. The van der Waals surface area contributed by atoms with E-state index in [-0.39, 0.29) is 0 Å². The Kier molecular flexibility index (Phi) is 6.09. The average Bonchev–Trinajstić information content (AvgIpc) is 2.66. The Morgan fingerprint density at radius 2 is 1.88 bits per heavy atom. The maximum absolute atomic E-state index is 6.16. The Balaban J connectivity index is 1.59. The molecule has 0 aliphatic rings. The standard InChI is InChI=1S/C18H17Cl2N5O/c1-26-13-7-5-12(6-8-13)9-10-21-16-11-22-25-18(24-16)23-15-4-2-3-14(19)17(15)20/h2-8,11H,9-10H2,1H3,(H2,21,23,24,25). The summed E-state index contributed by atoms with van der Waals surface area (Å²) >= 11 is 12.2. The number of halogens is 2. The first kappa shape index (κ1) is 18.2. The molecule has 3 aromatic rings. The van der Waals surface area contributed by atoms with Crippen molar-refractivity contribution in [2.24, 2.45) is 0 Å². The molecule has 0 saturated heterocycles. The number of anilines is 3. The van der Waals surface area contributed by atoms with Gasteiger partial charge in [0.05, 0.1) is 29.0 Å². The second-order valence-corrected chi connectivity index (χ2v) is 6.20. The molecule has 0 saturated carbocycles. The number of hydrogen-bond acceptors (Lipinski definition) is 6. The van der Waals surface area contributed by atoms with Gasteiger partial charge >= 0.3 is 0 Å². The van der Waals surface area contributed by atoms with Crippen LogP contribution >= 0.6 is 23.2 Å². The van der Waals surface area contributed by atoms with E-state index in [1.807, 2.05) is 24.3 Å². The normalized spacial score (nSPS) is 10.4. The molecule has 2 aromatic carbocycles. The van der Waals surface area contributed by atoms with Gasteiger partial charge in [0.15, 0.2) is 5.82 Å². The van der Waals surface area contributed by atoms with Crippen LogP contribution in [0.5, 0.6) is 5.75 Å². The summed E-state index contributed by atoms with van der Waals surface area (Å²) in [6.07, 6.45) is 2.41. The fraction of sp³-hybridized carbons (Fsp3) is 0.167. The van der Waals surface area contributed by atoms with Crippen LogP contribution in [0.3, 0.4) is 0 Å². The molecule has 0 amide bonds. The molecule has 0 aliphatic heterocycles. The van der Waals surface area contributed by atoms with Crippen LogP contribution in [0.15, 0.2) is 48.7 Å². The first-order valence-corrected chi connectivity index (χ1v) is 8.69. The molecule has 0 radical (unpaired) electrons. The predicted octanol–water partition coefficient (Wildman–Crippen LogP) is 4.59. The third-order valence-electron chi connectivity index (χ3n) is 3.64. The largest absolute Gasteiger partial charge is 0.497 e. The Morgan fingerprint density at radius 3 is 2.65 bits per heavy atom. The molecule has 1 aromatic heterocycles. The smallest absolute Gasteiger partial charge is 0.249 e. The van der Waals surface area contributed by atoms with Gasteiger partial charge in [0.1, 0.15) is 5.75 Å². The third kappa shape index (κ3) is 4.74. The average molecular weight is 390 g/mol. The molecule has 2 N–H and O–H groups in total. The molecule has 1 heterocycles. The second kappa shape index (κ2) is 8.69. The van der Waals surface area contributed by atoms with E-state index >= 15 is 0 Å². The number of benzene rings is 2. The van der Waals surface area contributed by atoms with Gasteiger partial charge in [-0.1, -0.05) is 41.4 Å². The van der Waals surface area contributed by atoms with Crippen molar-refractivity contribution in [3.05, 3.63) is 64.3 Å². The number of aromatic nitrogens is 3. The molecule has 8 heteroatoms. The molecule has 0 spiro atoms. The summed E-state index contributed by atoms with van der Waals surface area (Å²) in [5.74, 6) is 1.80. The fourth-order valence-corrected chi connectivity index (χ4v) is 2.64. The second-order valence-electron chi connectivity index (χ2n) is 5.42. The molecule has 0 atom stereocenters. The van der Waals surface area contributed by atoms with E-state index in [4.69, 9.17) is 27.9 Å². The van der Waals surface area contributed by atoms with E-state index < -0.39 is 0 Å². The predicted molar refractivity (Wildman–Crippen MR) is 105 cm³/mol. The van der Waals surface area contributed by atoms with Gasteiger partial charge < -0.3 is 15.4 Å². The summed E-state index contributed by atoms with van der Waals surface area (Å²) in [6, 6.07) is 13.3. The molecule has 6 nitrogen and oxygen atoms in total. The summed E-state index contributed by atoms with van der Waals surface area (Å²) in [4.78, 5) is 4.38. The van der Waals surface area contributed by atoms with Gasteiger partial charge in [0.2, 0.25) is 5.95 Å². The lowest BCUT2D eigenvalue weighted by Gasteiger charge is -2.09. The molecule has 0 unspecified atom stereocenters. The maximum Gasteiger partial charge on any atom is 0.249 e. The van der Waals surface area contributed by atoms with Crippen molar-refractivity contribution in [2.45, 2.75) is 6.42 Å². The van der Waals surface area contributed by atoms with Crippen molar-refractivity contribution in [3.8, 4) is 5.75 Å². The van der Waals surface area contributed by atoms with E-state index in [0.29, 0.717) is 34.0 Å². The fourth-order valence-electron chi connectivity index (χ4n) is 2.29. The van der Waals surface area contributed by atoms with Crippen LogP contribution in [0.1, 0.15) is 5.56 Å². The van der Waals surface area contributed by atoms with Crippen molar-refractivity contribution in [2.75, 3.05) is 24.3 Å². The van der Waals surface area contributed by atoms with Crippen LogP contribution in [-0.4, -0.2) is 28.8 Å². The summed E-state index contributed by atoms with van der Waals surface area (Å²) in [5.41, 5.74) is 1.82. The van der Waals surface area contributed by atoms with Gasteiger partial charge in [-0.25, -0.2) is 0 Å². The van der Waals surface area contributed by atoms with Crippen LogP contribution < -0.4 is 15.4 Å². The molecule has 26 heavy (non-hydrogen) atoms. The summed E-state index contributed by atoms with van der Waals surface area (Å²) in [7, 11) is 1.65. The van der Waals surface area contributed by atoms with E-state index in [0.717, 1.165) is 12.2 Å². The molecule has 3 rings (SSSR count). The number of nitrogens with zero attached hydrogens (tertiary/aromatic N) is 3. The lowest BCUT2D eigenvalue weighted by atomic mass is 10.1. The highest BCUT2D eigenvalue weighted by Gasteiger charge is 2.07. The van der Waals surface area contributed by atoms with Crippen molar-refractivity contribution in [1.82, 2.24) is 15.2 Å². The zero-order valence-electron chi connectivity index (χ0n) is 14.0. The van der Waals surface area contributed by atoms with Gasteiger partial charge in [-0.3, -0.25) is 0 Å². The SMILES string of the molecule is COc1ccc(CCNc2cnnc(Nc3cccc(Cl)c3Cl)n2)cc1. The van der Waals surface area contributed by atoms with Gasteiger partial charge in [-0.15, -0.1) is 5.10 Å². The van der Waals surface area contributed by atoms with Gasteiger partial charge in [-0.2, -0.15) is 10.1 Å². The number of ether oxygens (including phenoxy) is 1. The number of rotatable bonds is 7. The number of nitrogens with one attached hydrogen (secondary N) is 2. The van der Waals surface area contributed by atoms with Crippen LogP contribution in [0, 0.1) is 0 Å². The third-order valence-corrected chi connectivity index (χ3v) is 4.45. The van der Waals surface area contributed by atoms with Crippen LogP contribution in [0.25, 0.3) is 0 Å². The monoisotopic (exact) mass is 389 g/mol. The van der Waals surface area contributed by atoms with E-state index in [9.17, 15) is 0 Å². The van der Waals surface area contributed by atoms with Crippen molar-refractivity contribution < 1.29 is 4.74 Å². The van der Waals surface area contributed by atoms with E-state index in [1.165, 1.54) is 5.56 Å². The molecular formula is C18H17Cl2N5O. The lowest BCUT2D eigenvalue weighted by molar-refractivity contribution is 0.414. The molecule has 0 aliphatic carbocycles. The Hall–Kier alpha value is -2.57. The first-order chi connectivity index (χ1) is 12.7. The van der Waals surface area contributed by atoms with Gasteiger partial charge in [0.25, 0.3) is 0 Å². The van der Waals surface area contributed by atoms with Crippen LogP contribution in [-0.2, 0) is 6.42 Å². The Bertz CT molecular complexity index is 874. The van der Waals surface area contributed by atoms with Gasteiger partial charge in [-0.05, 0) is 36.2 Å². The maximum atomic E-state index is 6.16. The summed E-state index contributed by atoms with van der Waals surface area (Å²) in [6.45, 7) is 0.711. The van der Waals surface area contributed by atoms with Crippen molar-refractivity contribution >= 4 is 40.7 Å². The topological polar surface area (TPSA) is 72.0 Å². The Morgan fingerprint density at radius 1 is 1.08 bits per heavy atom. The first-order valence-electron chi connectivity index (χ1n) is 7.93.